The molecule has 1 aromatic heterocycles. The third kappa shape index (κ3) is 11.4. The number of amides is 2. The van der Waals surface area contributed by atoms with Crippen LogP contribution in [0.5, 0.6) is 17.2 Å². The normalized spacial score (nSPS) is 11.3. The summed E-state index contributed by atoms with van der Waals surface area (Å²) in [4.78, 5) is 94.3. The van der Waals surface area contributed by atoms with E-state index in [1.54, 1.807) is 0 Å². The molecule has 4 N–H and O–H groups in total. The molecule has 54 heavy (non-hydrogen) atoms. The summed E-state index contributed by atoms with van der Waals surface area (Å²) in [5.41, 5.74) is -0.645. The molecule has 0 saturated heterocycles. The van der Waals surface area contributed by atoms with Gasteiger partial charge >= 0.3 is 27.6 Å². The maximum absolute atomic E-state index is 14.0. The van der Waals surface area contributed by atoms with Crippen LogP contribution in [-0.2, 0) is 31.4 Å². The summed E-state index contributed by atoms with van der Waals surface area (Å²) in [7, 11) is -2.70. The van der Waals surface area contributed by atoms with E-state index in [4.69, 9.17) is 33.8 Å². The monoisotopic (exact) mass is 798 g/mol. The third-order valence-corrected chi connectivity index (χ3v) is 8.08. The van der Waals surface area contributed by atoms with Crippen molar-refractivity contribution in [3.8, 4) is 22.9 Å². The molecule has 4 aromatic rings. The number of phosphoric ester groups is 2. The van der Waals surface area contributed by atoms with Gasteiger partial charge in [0.05, 0.1) is 31.5 Å². The minimum Gasteiger partial charge on any atom is -0.497 e. The molecule has 0 bridgehead atoms. The van der Waals surface area contributed by atoms with Gasteiger partial charge in [-0.3, -0.25) is 23.2 Å². The molecule has 1 radical (unpaired) electrons. The first-order valence-electron chi connectivity index (χ1n) is 15.2. The molecule has 4 rings (SSSR count). The van der Waals surface area contributed by atoms with E-state index in [-0.39, 0.29) is 57.5 Å². The van der Waals surface area contributed by atoms with Crippen LogP contribution >= 0.6 is 15.6 Å². The number of carbonyl (C=O) groups is 4. The predicted molar refractivity (Wildman–Crippen MR) is 191 cm³/mol. The van der Waals surface area contributed by atoms with Crippen molar-refractivity contribution in [1.82, 2.24) is 14.4 Å². The number of carbonyl (C=O) groups excluding carboxylic acids is 4. The average Bonchev–Trinajstić information content (AvgIpc) is 3.41. The van der Waals surface area contributed by atoms with Gasteiger partial charge in [0.15, 0.2) is 11.4 Å². The van der Waals surface area contributed by atoms with Crippen LogP contribution in [0.15, 0.2) is 72.8 Å². The topological polar surface area (TPSA) is 241 Å². The van der Waals surface area contributed by atoms with Gasteiger partial charge in [-0.2, -0.15) is 0 Å². The molecule has 0 fully saturated rings. The largest absolute Gasteiger partial charge is 0.497 e. The summed E-state index contributed by atoms with van der Waals surface area (Å²) >= 11 is 0. The van der Waals surface area contributed by atoms with Gasteiger partial charge in [0.2, 0.25) is 11.5 Å². The van der Waals surface area contributed by atoms with Crippen molar-refractivity contribution in [2.24, 2.45) is 0 Å². The van der Waals surface area contributed by atoms with E-state index in [1.807, 2.05) is 0 Å². The molecule has 18 nitrogen and oxygen atoms in total. The number of esters is 2. The predicted octanol–water partition coefficient (Wildman–Crippen LogP) is 3.17. The molecule has 283 valence electrons. The Morgan fingerprint density at radius 3 is 1.37 bits per heavy atom. The maximum atomic E-state index is 14.0. The Morgan fingerprint density at radius 1 is 0.648 bits per heavy atom. The molecule has 1 heterocycles. The van der Waals surface area contributed by atoms with E-state index >= 15 is 0 Å². The Kier molecular flexibility index (Phi) is 15.1. The summed E-state index contributed by atoms with van der Waals surface area (Å²) in [5.74, 6) is -4.69. The first kappa shape index (κ1) is 44.2. The molecule has 0 unspecified atom stereocenters. The molecule has 0 aliphatic carbocycles. The molecular formula is C33H35N3NaO15P2. The van der Waals surface area contributed by atoms with Gasteiger partial charge in [-0.25, -0.2) is 18.7 Å². The van der Waals surface area contributed by atoms with E-state index < -0.39 is 75.5 Å². The quantitative estimate of drug-likeness (QED) is 0.0814. The summed E-state index contributed by atoms with van der Waals surface area (Å²) in [6, 6.07) is 16.7. The first-order valence-corrected chi connectivity index (χ1v) is 18.2. The summed E-state index contributed by atoms with van der Waals surface area (Å²) in [6.45, 7) is -1.15. The van der Waals surface area contributed by atoms with Gasteiger partial charge in [0, 0.05) is 63.4 Å². The van der Waals surface area contributed by atoms with Gasteiger partial charge in [-0.1, -0.05) is 24.3 Å². The third-order valence-electron chi connectivity index (χ3n) is 7.15. The summed E-state index contributed by atoms with van der Waals surface area (Å²) < 4.78 is 49.6. The fourth-order valence-electron chi connectivity index (χ4n) is 4.71. The second-order valence-corrected chi connectivity index (χ2v) is 14.0. The number of hydrogen-bond acceptors (Lipinski definition) is 11. The van der Waals surface area contributed by atoms with Crippen molar-refractivity contribution in [1.29, 1.82) is 0 Å². The van der Waals surface area contributed by atoms with Crippen LogP contribution in [0.25, 0.3) is 5.69 Å². The second-order valence-electron chi connectivity index (χ2n) is 11.5. The van der Waals surface area contributed by atoms with Crippen molar-refractivity contribution < 1.29 is 71.1 Å². The zero-order valence-corrected chi connectivity index (χ0v) is 33.6. The molecule has 0 atom stereocenters. The van der Waals surface area contributed by atoms with Crippen molar-refractivity contribution in [3.63, 3.8) is 0 Å². The standard InChI is InChI=1S/C33H35N3O15P2.Na/c1-34(2)30(37)26-28(50-32(39)22-10-6-8-20(16-22)18-48-52(41,42)43)29(51-33(40)23-11-7-9-21(17-23)19-49-53(44,45)46)27(31(38)35(3)4)36(26)24-12-14-25(47-5)15-13-24;/h6-17H,18-19H2,1-5H3,(H2,41,42,43)(H2,44,45,46);. The van der Waals surface area contributed by atoms with Crippen molar-refractivity contribution in [2.45, 2.75) is 13.2 Å². The summed E-state index contributed by atoms with van der Waals surface area (Å²) in [6.07, 6.45) is 0. The minimum absolute atomic E-state index is 0. The molecule has 0 spiro atoms. The number of rotatable bonds is 14. The zero-order chi connectivity index (χ0) is 39.2. The number of hydrogen-bond donors (Lipinski definition) is 4. The van der Waals surface area contributed by atoms with Crippen LogP contribution in [0.2, 0.25) is 0 Å². The molecule has 0 saturated carbocycles. The Bertz CT molecular complexity index is 2000. The van der Waals surface area contributed by atoms with Gasteiger partial charge in [-0.05, 0) is 59.7 Å². The summed E-state index contributed by atoms with van der Waals surface area (Å²) in [5, 5.41) is 0. The molecular weight excluding hydrogens is 763 g/mol. The SMILES string of the molecule is COc1ccc(-n2c(C(=O)N(C)C)c(OC(=O)c3cccc(COP(=O)(O)O)c3)c(OC(=O)c3cccc(COP(=O)(O)O)c3)c2C(=O)N(C)C)cc1.[Na]. The Hall–Kier alpha value is -4.16. The van der Waals surface area contributed by atoms with E-state index in [0.717, 1.165) is 14.4 Å². The van der Waals surface area contributed by atoms with Crippen LogP contribution in [0.4, 0.5) is 0 Å². The fourth-order valence-corrected chi connectivity index (χ4v) is 5.35. The molecule has 0 aliphatic heterocycles. The zero-order valence-electron chi connectivity index (χ0n) is 29.9. The maximum Gasteiger partial charge on any atom is 0.469 e. The molecule has 3 aromatic carbocycles. The van der Waals surface area contributed by atoms with E-state index in [9.17, 15) is 28.3 Å². The Labute approximate surface area is 330 Å². The number of methoxy groups -OCH3 is 1. The fraction of sp³-hybridized carbons (Fsp3) is 0.212. The van der Waals surface area contributed by atoms with E-state index in [1.165, 1.54) is 108 Å². The molecule has 2 amide bonds. The van der Waals surface area contributed by atoms with Crippen LogP contribution < -0.4 is 14.2 Å². The molecule has 0 aliphatic rings. The second kappa shape index (κ2) is 18.4. The number of phosphoric acid groups is 2. The number of ether oxygens (including phenoxy) is 3. The first-order chi connectivity index (χ1) is 24.8. The van der Waals surface area contributed by atoms with E-state index in [0.29, 0.717) is 5.75 Å². The van der Waals surface area contributed by atoms with Crippen LogP contribution in [0.1, 0.15) is 52.8 Å². The Balaban J connectivity index is 0.00000784. The minimum atomic E-state index is -4.86. The Morgan fingerprint density at radius 2 is 1.04 bits per heavy atom. The van der Waals surface area contributed by atoms with Crippen molar-refractivity contribution in [3.05, 3.63) is 106 Å². The van der Waals surface area contributed by atoms with Gasteiger partial charge in [0.1, 0.15) is 5.75 Å². The number of benzene rings is 3. The van der Waals surface area contributed by atoms with Gasteiger partial charge < -0.3 is 43.6 Å². The van der Waals surface area contributed by atoms with Crippen LogP contribution in [-0.4, -0.2) is 123 Å². The van der Waals surface area contributed by atoms with Gasteiger partial charge in [-0.15, -0.1) is 0 Å². The number of nitrogens with zero attached hydrogens (tertiary/aromatic N) is 3. The average molecular weight is 799 g/mol. The van der Waals surface area contributed by atoms with Crippen LogP contribution in [0.3, 0.4) is 0 Å². The van der Waals surface area contributed by atoms with E-state index in [2.05, 4.69) is 9.05 Å². The number of aromatic nitrogens is 1. The van der Waals surface area contributed by atoms with Crippen molar-refractivity contribution >= 4 is 69.0 Å². The van der Waals surface area contributed by atoms with Gasteiger partial charge in [0.25, 0.3) is 11.8 Å². The molecule has 21 heteroatoms. The van der Waals surface area contributed by atoms with Crippen molar-refractivity contribution in [2.75, 3.05) is 35.3 Å². The van der Waals surface area contributed by atoms with Crippen LogP contribution in [0, 0.1) is 0 Å². The smallest absolute Gasteiger partial charge is 0.469 e.